The zero-order chi connectivity index (χ0) is 16.4. The number of carbonyl (C=O) groups excluding carboxylic acids is 1. The maximum Gasteiger partial charge on any atom is 0.416 e. The molecule has 1 aromatic carbocycles. The van der Waals surface area contributed by atoms with Crippen LogP contribution >= 0.6 is 11.3 Å². The van der Waals surface area contributed by atoms with Crippen molar-refractivity contribution in [2.75, 3.05) is 18.4 Å². The first-order valence-corrected chi connectivity index (χ1v) is 7.59. The number of likely N-dealkylation sites (tertiary alicyclic amines) is 1. The van der Waals surface area contributed by atoms with Crippen molar-refractivity contribution >= 4 is 23.1 Å². The molecule has 0 bridgehead atoms. The molecule has 1 aromatic heterocycles. The van der Waals surface area contributed by atoms with Gasteiger partial charge >= 0.3 is 12.2 Å². The monoisotopic (exact) mass is 343 g/mol. The summed E-state index contributed by atoms with van der Waals surface area (Å²) >= 11 is 1.37. The Kier molecular flexibility index (Phi) is 4.12. The van der Waals surface area contributed by atoms with Crippen LogP contribution in [-0.4, -0.2) is 35.1 Å². The lowest BCUT2D eigenvalue weighted by Gasteiger charge is -2.38. The maximum atomic E-state index is 12.5. The van der Waals surface area contributed by atoms with Gasteiger partial charge in [-0.05, 0) is 24.3 Å². The van der Waals surface area contributed by atoms with E-state index in [-0.39, 0.29) is 12.1 Å². The lowest BCUT2D eigenvalue weighted by atomic mass is 10.2. The summed E-state index contributed by atoms with van der Waals surface area (Å²) in [5, 5.41) is 4.90. The van der Waals surface area contributed by atoms with Crippen molar-refractivity contribution in [3.8, 4) is 5.19 Å². The zero-order valence-electron chi connectivity index (χ0n) is 11.7. The molecule has 122 valence electrons. The van der Waals surface area contributed by atoms with Crippen LogP contribution in [-0.2, 0) is 6.18 Å². The Labute approximate surface area is 133 Å². The standard InChI is InChI=1S/C14H12F3N3O2S/c15-14(16,17)9-1-3-10(4-2-9)19-12(21)20-7-11(8-20)22-13-18-5-6-23-13/h1-6,11H,7-8H2,(H,19,21). The molecule has 5 nitrogen and oxygen atoms in total. The number of alkyl halides is 3. The number of nitrogens with one attached hydrogen (secondary N) is 1. The van der Waals surface area contributed by atoms with Crippen LogP contribution in [0.15, 0.2) is 35.8 Å². The van der Waals surface area contributed by atoms with E-state index in [0.29, 0.717) is 24.0 Å². The van der Waals surface area contributed by atoms with E-state index in [2.05, 4.69) is 10.3 Å². The molecule has 1 saturated heterocycles. The van der Waals surface area contributed by atoms with Crippen LogP contribution in [0, 0.1) is 0 Å². The molecule has 3 rings (SSSR count). The predicted molar refractivity (Wildman–Crippen MR) is 78.6 cm³/mol. The highest BCUT2D eigenvalue weighted by atomic mass is 32.1. The van der Waals surface area contributed by atoms with Crippen LogP contribution in [0.3, 0.4) is 0 Å². The van der Waals surface area contributed by atoms with E-state index in [1.165, 1.54) is 28.4 Å². The third-order valence-electron chi connectivity index (χ3n) is 3.28. The number of nitrogens with zero attached hydrogens (tertiary/aromatic N) is 2. The van der Waals surface area contributed by atoms with Crippen LogP contribution in [0.25, 0.3) is 0 Å². The number of benzene rings is 1. The number of ether oxygens (including phenoxy) is 1. The fourth-order valence-electron chi connectivity index (χ4n) is 2.03. The minimum absolute atomic E-state index is 0.112. The highest BCUT2D eigenvalue weighted by Gasteiger charge is 2.33. The van der Waals surface area contributed by atoms with Crippen molar-refractivity contribution in [3.63, 3.8) is 0 Å². The first kappa shape index (κ1) is 15.6. The Bertz CT molecular complexity index is 668. The molecule has 1 N–H and O–H groups in total. The molecule has 0 atom stereocenters. The number of thiazole rings is 1. The Morgan fingerprint density at radius 2 is 2.00 bits per heavy atom. The maximum absolute atomic E-state index is 12.5. The number of carbonyl (C=O) groups is 1. The lowest BCUT2D eigenvalue weighted by molar-refractivity contribution is -0.137. The molecule has 2 amide bonds. The van der Waals surface area contributed by atoms with Gasteiger partial charge < -0.3 is 15.0 Å². The van der Waals surface area contributed by atoms with E-state index >= 15 is 0 Å². The van der Waals surface area contributed by atoms with E-state index in [4.69, 9.17) is 4.74 Å². The summed E-state index contributed by atoms with van der Waals surface area (Å²) in [5.41, 5.74) is -0.441. The molecule has 2 heterocycles. The summed E-state index contributed by atoms with van der Waals surface area (Å²) in [7, 11) is 0. The minimum Gasteiger partial charge on any atom is -0.463 e. The van der Waals surface area contributed by atoms with Crippen LogP contribution < -0.4 is 10.1 Å². The average Bonchev–Trinajstić information content (AvgIpc) is 2.94. The van der Waals surface area contributed by atoms with Gasteiger partial charge in [-0.2, -0.15) is 13.2 Å². The van der Waals surface area contributed by atoms with Crippen LogP contribution in [0.2, 0.25) is 0 Å². The number of anilines is 1. The normalized spacial score (nSPS) is 15.2. The predicted octanol–water partition coefficient (Wildman–Crippen LogP) is 3.46. The molecule has 0 saturated carbocycles. The topological polar surface area (TPSA) is 54.5 Å². The Morgan fingerprint density at radius 1 is 1.30 bits per heavy atom. The Morgan fingerprint density at radius 3 is 2.57 bits per heavy atom. The van der Waals surface area contributed by atoms with Crippen molar-refractivity contribution in [3.05, 3.63) is 41.4 Å². The number of urea groups is 1. The van der Waals surface area contributed by atoms with Gasteiger partial charge in [0, 0.05) is 17.3 Å². The van der Waals surface area contributed by atoms with E-state index in [1.807, 2.05) is 0 Å². The van der Waals surface area contributed by atoms with Gasteiger partial charge in [-0.25, -0.2) is 9.78 Å². The number of hydrogen-bond acceptors (Lipinski definition) is 4. The SMILES string of the molecule is O=C(Nc1ccc(C(F)(F)F)cc1)N1CC(Oc2nccs2)C1. The van der Waals surface area contributed by atoms with Crippen molar-refractivity contribution in [2.24, 2.45) is 0 Å². The fraction of sp³-hybridized carbons (Fsp3) is 0.286. The average molecular weight is 343 g/mol. The molecule has 1 fully saturated rings. The van der Waals surface area contributed by atoms with Gasteiger partial charge in [0.05, 0.1) is 18.7 Å². The van der Waals surface area contributed by atoms with Crippen molar-refractivity contribution in [1.82, 2.24) is 9.88 Å². The van der Waals surface area contributed by atoms with Crippen LogP contribution in [0.1, 0.15) is 5.56 Å². The third kappa shape index (κ3) is 3.73. The summed E-state index contributed by atoms with van der Waals surface area (Å²) in [6.45, 7) is 0.818. The first-order chi connectivity index (χ1) is 10.9. The summed E-state index contributed by atoms with van der Waals surface area (Å²) in [4.78, 5) is 17.4. The van der Waals surface area contributed by atoms with Gasteiger partial charge in [0.2, 0.25) is 0 Å². The van der Waals surface area contributed by atoms with Gasteiger partial charge in [0.15, 0.2) is 0 Å². The molecular weight excluding hydrogens is 331 g/mol. The van der Waals surface area contributed by atoms with E-state index in [1.54, 1.807) is 11.6 Å². The quantitative estimate of drug-likeness (QED) is 0.929. The Hall–Kier alpha value is -2.29. The zero-order valence-corrected chi connectivity index (χ0v) is 12.5. The summed E-state index contributed by atoms with van der Waals surface area (Å²) in [6.07, 6.45) is -2.87. The van der Waals surface area contributed by atoms with E-state index in [0.717, 1.165) is 12.1 Å². The summed E-state index contributed by atoms with van der Waals surface area (Å²) < 4.78 is 42.9. The largest absolute Gasteiger partial charge is 0.463 e. The third-order valence-corrected chi connectivity index (χ3v) is 3.94. The number of amides is 2. The number of aromatic nitrogens is 1. The molecule has 0 unspecified atom stereocenters. The van der Waals surface area contributed by atoms with Crippen LogP contribution in [0.4, 0.5) is 23.7 Å². The molecule has 0 spiro atoms. The van der Waals surface area contributed by atoms with E-state index < -0.39 is 11.7 Å². The van der Waals surface area contributed by atoms with Crippen molar-refractivity contribution < 1.29 is 22.7 Å². The Balaban J connectivity index is 1.49. The molecular formula is C14H12F3N3O2S. The van der Waals surface area contributed by atoms with E-state index in [9.17, 15) is 18.0 Å². The van der Waals surface area contributed by atoms with Gasteiger partial charge in [-0.3, -0.25) is 0 Å². The summed E-state index contributed by atoms with van der Waals surface area (Å²) in [6, 6.07) is 3.94. The highest BCUT2D eigenvalue weighted by molar-refractivity contribution is 7.11. The van der Waals surface area contributed by atoms with Gasteiger partial charge in [-0.1, -0.05) is 11.3 Å². The lowest BCUT2D eigenvalue weighted by Crippen LogP contribution is -2.57. The second-order valence-electron chi connectivity index (χ2n) is 4.95. The van der Waals surface area contributed by atoms with Gasteiger partial charge in [-0.15, -0.1) is 0 Å². The molecule has 1 aliphatic heterocycles. The second kappa shape index (κ2) is 6.07. The molecule has 0 aliphatic carbocycles. The summed E-state index contributed by atoms with van der Waals surface area (Å²) in [5.74, 6) is 0. The fourth-order valence-corrected chi connectivity index (χ4v) is 2.59. The molecule has 1 aliphatic rings. The second-order valence-corrected chi connectivity index (χ2v) is 5.81. The smallest absolute Gasteiger partial charge is 0.416 e. The molecule has 23 heavy (non-hydrogen) atoms. The molecule has 0 radical (unpaired) electrons. The van der Waals surface area contributed by atoms with Crippen LogP contribution in [0.5, 0.6) is 5.19 Å². The molecule has 2 aromatic rings. The number of halogens is 3. The number of rotatable bonds is 3. The minimum atomic E-state index is -4.39. The van der Waals surface area contributed by atoms with Gasteiger partial charge in [0.1, 0.15) is 6.10 Å². The highest BCUT2D eigenvalue weighted by Crippen LogP contribution is 2.30. The number of hydrogen-bond donors (Lipinski definition) is 1. The first-order valence-electron chi connectivity index (χ1n) is 6.71. The van der Waals surface area contributed by atoms with Gasteiger partial charge in [0.25, 0.3) is 5.19 Å². The van der Waals surface area contributed by atoms with Crippen molar-refractivity contribution in [1.29, 1.82) is 0 Å². The molecule has 9 heteroatoms. The van der Waals surface area contributed by atoms with Crippen molar-refractivity contribution in [2.45, 2.75) is 12.3 Å².